The van der Waals surface area contributed by atoms with Crippen LogP contribution in [0.5, 0.6) is 0 Å². The molecule has 0 bridgehead atoms. The highest BCUT2D eigenvalue weighted by atomic mass is 32.1. The van der Waals surface area contributed by atoms with Crippen LogP contribution in [0.4, 0.5) is 4.39 Å². The molecule has 0 spiro atoms. The quantitative estimate of drug-likeness (QED) is 0.716. The topological polar surface area (TPSA) is 36.7 Å². The Hall–Kier alpha value is -1.73. The monoisotopic (exact) mass is 204 g/mol. The molecule has 0 aliphatic rings. The molecule has 0 amide bonds. The number of halogens is 1. The minimum absolute atomic E-state index is 0.0534. The molecule has 2 aromatic rings. The Morgan fingerprint density at radius 1 is 1.43 bits per heavy atom. The number of rotatable bonds is 1. The fourth-order valence-corrected chi connectivity index (χ4v) is 1.80. The van der Waals surface area contributed by atoms with E-state index in [4.69, 9.17) is 5.26 Å². The van der Waals surface area contributed by atoms with Gasteiger partial charge in [-0.2, -0.15) is 5.26 Å². The molecule has 0 fully saturated rings. The molecule has 0 N–H and O–H groups in total. The first-order valence-electron chi connectivity index (χ1n) is 3.91. The van der Waals surface area contributed by atoms with Crippen molar-refractivity contribution in [3.05, 3.63) is 41.2 Å². The highest BCUT2D eigenvalue weighted by Gasteiger charge is 2.10. The molecule has 0 saturated carbocycles. The van der Waals surface area contributed by atoms with Gasteiger partial charge in [0.2, 0.25) is 0 Å². The van der Waals surface area contributed by atoms with Crippen molar-refractivity contribution in [3.8, 4) is 16.6 Å². The van der Waals surface area contributed by atoms with Crippen LogP contribution in [0, 0.1) is 17.1 Å². The maximum absolute atomic E-state index is 13.6. The van der Waals surface area contributed by atoms with Crippen LogP contribution in [-0.4, -0.2) is 4.98 Å². The van der Waals surface area contributed by atoms with E-state index in [0.717, 1.165) is 0 Å². The van der Waals surface area contributed by atoms with E-state index in [9.17, 15) is 4.39 Å². The van der Waals surface area contributed by atoms with Gasteiger partial charge in [0.15, 0.2) is 5.82 Å². The third-order valence-corrected chi connectivity index (χ3v) is 2.59. The van der Waals surface area contributed by atoms with Crippen molar-refractivity contribution in [2.24, 2.45) is 0 Å². The van der Waals surface area contributed by atoms with Crippen LogP contribution < -0.4 is 0 Å². The van der Waals surface area contributed by atoms with Crippen LogP contribution in [-0.2, 0) is 0 Å². The second kappa shape index (κ2) is 3.56. The summed E-state index contributed by atoms with van der Waals surface area (Å²) in [6.45, 7) is 0. The van der Waals surface area contributed by atoms with Gasteiger partial charge in [0, 0.05) is 17.1 Å². The summed E-state index contributed by atoms with van der Waals surface area (Å²) in [6, 6.07) is 6.52. The van der Waals surface area contributed by atoms with Crippen molar-refractivity contribution in [3.63, 3.8) is 0 Å². The molecule has 0 radical (unpaired) electrons. The van der Waals surface area contributed by atoms with Crippen LogP contribution in [0.15, 0.2) is 29.8 Å². The Morgan fingerprint density at radius 3 is 2.93 bits per heavy atom. The molecule has 1 aromatic heterocycles. The summed E-state index contributed by atoms with van der Waals surface area (Å²) >= 11 is 1.35. The van der Waals surface area contributed by atoms with Gasteiger partial charge < -0.3 is 0 Å². The van der Waals surface area contributed by atoms with E-state index in [-0.39, 0.29) is 5.56 Å². The van der Waals surface area contributed by atoms with E-state index >= 15 is 0 Å². The third-order valence-electron chi connectivity index (χ3n) is 1.78. The molecule has 68 valence electrons. The molecule has 0 aliphatic carbocycles. The fraction of sp³-hybridized carbons (Fsp3) is 0. The molecule has 0 atom stereocenters. The van der Waals surface area contributed by atoms with Gasteiger partial charge in [0.25, 0.3) is 0 Å². The van der Waals surface area contributed by atoms with Crippen LogP contribution in [0.1, 0.15) is 5.56 Å². The van der Waals surface area contributed by atoms with Crippen molar-refractivity contribution in [1.82, 2.24) is 4.98 Å². The first-order valence-corrected chi connectivity index (χ1v) is 4.79. The van der Waals surface area contributed by atoms with Crippen molar-refractivity contribution in [2.45, 2.75) is 0 Å². The summed E-state index contributed by atoms with van der Waals surface area (Å²) in [7, 11) is 0. The van der Waals surface area contributed by atoms with Crippen LogP contribution in [0.2, 0.25) is 0 Å². The molecule has 1 heterocycles. The van der Waals surface area contributed by atoms with Gasteiger partial charge in [0.05, 0.1) is 5.56 Å². The lowest BCUT2D eigenvalue weighted by Crippen LogP contribution is -1.87. The summed E-state index contributed by atoms with van der Waals surface area (Å²) in [5.41, 5.74) is 0.441. The zero-order valence-corrected chi connectivity index (χ0v) is 7.88. The number of hydrogen-bond acceptors (Lipinski definition) is 3. The van der Waals surface area contributed by atoms with Gasteiger partial charge in [-0.05, 0) is 12.1 Å². The van der Waals surface area contributed by atoms with Gasteiger partial charge >= 0.3 is 0 Å². The SMILES string of the molecule is N#Cc1cccc(-c2nccs2)c1F. The molecule has 4 heteroatoms. The summed E-state index contributed by atoms with van der Waals surface area (Å²) in [6.07, 6.45) is 1.61. The Balaban J connectivity index is 2.61. The normalized spacial score (nSPS) is 9.71. The molecule has 2 nitrogen and oxygen atoms in total. The second-order valence-corrected chi connectivity index (χ2v) is 3.51. The lowest BCUT2D eigenvalue weighted by molar-refractivity contribution is 0.627. The summed E-state index contributed by atoms with van der Waals surface area (Å²) in [5.74, 6) is -0.495. The highest BCUT2D eigenvalue weighted by Crippen LogP contribution is 2.26. The maximum Gasteiger partial charge on any atom is 0.151 e. The number of hydrogen-bond donors (Lipinski definition) is 0. The summed E-state index contributed by atoms with van der Waals surface area (Å²) in [4.78, 5) is 3.99. The van der Waals surface area contributed by atoms with Crippen molar-refractivity contribution in [1.29, 1.82) is 5.26 Å². The first-order chi connectivity index (χ1) is 6.83. The number of aromatic nitrogens is 1. The summed E-state index contributed by atoms with van der Waals surface area (Å²) < 4.78 is 13.6. The van der Waals surface area contributed by atoms with Gasteiger partial charge in [0.1, 0.15) is 11.1 Å². The Kier molecular flexibility index (Phi) is 2.25. The van der Waals surface area contributed by atoms with Gasteiger partial charge in [-0.1, -0.05) is 6.07 Å². The van der Waals surface area contributed by atoms with E-state index in [0.29, 0.717) is 10.6 Å². The second-order valence-electron chi connectivity index (χ2n) is 2.62. The largest absolute Gasteiger partial charge is 0.244 e. The minimum Gasteiger partial charge on any atom is -0.244 e. The Bertz CT molecular complexity index is 485. The molecule has 0 aliphatic heterocycles. The predicted octanol–water partition coefficient (Wildman–Crippen LogP) is 2.82. The van der Waals surface area contributed by atoms with E-state index < -0.39 is 5.82 Å². The van der Waals surface area contributed by atoms with Gasteiger partial charge in [-0.25, -0.2) is 9.37 Å². The zero-order chi connectivity index (χ0) is 9.97. The molecule has 0 unspecified atom stereocenters. The molecule has 0 saturated heterocycles. The first kappa shape index (κ1) is 8.85. The highest BCUT2D eigenvalue weighted by molar-refractivity contribution is 7.13. The molecular weight excluding hydrogens is 199 g/mol. The molecule has 14 heavy (non-hydrogen) atoms. The maximum atomic E-state index is 13.6. The van der Waals surface area contributed by atoms with E-state index in [1.165, 1.54) is 17.4 Å². The number of thiazole rings is 1. The molecule has 1 aromatic carbocycles. The minimum atomic E-state index is -0.495. The van der Waals surface area contributed by atoms with Crippen LogP contribution in [0.25, 0.3) is 10.6 Å². The average molecular weight is 204 g/mol. The number of benzene rings is 1. The lowest BCUT2D eigenvalue weighted by Gasteiger charge is -1.99. The smallest absolute Gasteiger partial charge is 0.151 e. The third kappa shape index (κ3) is 1.38. The van der Waals surface area contributed by atoms with Crippen LogP contribution >= 0.6 is 11.3 Å². The van der Waals surface area contributed by atoms with Gasteiger partial charge in [-0.3, -0.25) is 0 Å². The van der Waals surface area contributed by atoms with E-state index in [2.05, 4.69) is 4.98 Å². The van der Waals surface area contributed by atoms with Crippen molar-refractivity contribution >= 4 is 11.3 Å². The Morgan fingerprint density at radius 2 is 2.29 bits per heavy atom. The van der Waals surface area contributed by atoms with Crippen molar-refractivity contribution < 1.29 is 4.39 Å². The standard InChI is InChI=1S/C10H5FN2S/c11-9-7(6-12)2-1-3-8(9)10-13-4-5-14-10/h1-5H. The van der Waals surface area contributed by atoms with Crippen molar-refractivity contribution in [2.75, 3.05) is 0 Å². The number of nitrogens with zero attached hydrogens (tertiary/aromatic N) is 2. The van der Waals surface area contributed by atoms with Gasteiger partial charge in [-0.15, -0.1) is 11.3 Å². The average Bonchev–Trinajstić information content (AvgIpc) is 2.71. The predicted molar refractivity (Wildman–Crippen MR) is 52.2 cm³/mol. The zero-order valence-electron chi connectivity index (χ0n) is 7.07. The Labute approximate surface area is 84.3 Å². The van der Waals surface area contributed by atoms with E-state index in [1.807, 2.05) is 0 Å². The lowest BCUT2D eigenvalue weighted by atomic mass is 10.1. The van der Waals surface area contributed by atoms with E-state index in [1.54, 1.807) is 29.8 Å². The fourth-order valence-electron chi connectivity index (χ4n) is 1.14. The molecular formula is C10H5FN2S. The number of nitriles is 1. The summed E-state index contributed by atoms with van der Waals surface area (Å²) in [5, 5.41) is 11.0. The van der Waals surface area contributed by atoms with Crippen LogP contribution in [0.3, 0.4) is 0 Å². The molecule has 2 rings (SSSR count).